The van der Waals surface area contributed by atoms with Crippen molar-refractivity contribution >= 4 is 28.5 Å². The van der Waals surface area contributed by atoms with Gasteiger partial charge >= 0.3 is 0 Å². The summed E-state index contributed by atoms with van der Waals surface area (Å²) in [4.78, 5) is 0. The first-order valence-electron chi connectivity index (χ1n) is 9.06. The molecule has 8 heteroatoms. The summed E-state index contributed by atoms with van der Waals surface area (Å²) < 4.78 is 98.0. The second-order valence-electron chi connectivity index (χ2n) is 7.01. The fourth-order valence-corrected chi connectivity index (χ4v) is 6.25. The van der Waals surface area contributed by atoms with Crippen LogP contribution < -0.4 is 10.6 Å². The van der Waals surface area contributed by atoms with E-state index >= 15 is 0 Å². The van der Waals surface area contributed by atoms with E-state index in [1.165, 1.54) is 0 Å². The molecule has 0 aliphatic carbocycles. The van der Waals surface area contributed by atoms with Gasteiger partial charge < -0.3 is 4.57 Å². The molecule has 4 aromatic carbocycles. The largest absolute Gasteiger partial charge is 0.313 e. The maximum absolute atomic E-state index is 14.6. The summed E-state index contributed by atoms with van der Waals surface area (Å²) in [6, 6.07) is 13.1. The van der Waals surface area contributed by atoms with Crippen molar-refractivity contribution in [2.45, 2.75) is 6.16 Å². The first-order valence-corrected chi connectivity index (χ1v) is 11.0. The molecular formula is C23H13F6OP. The molecule has 0 fully saturated rings. The summed E-state index contributed by atoms with van der Waals surface area (Å²) in [6.07, 6.45) is -0.526. The molecule has 158 valence electrons. The van der Waals surface area contributed by atoms with Crippen LogP contribution in [0.4, 0.5) is 26.3 Å². The van der Waals surface area contributed by atoms with Gasteiger partial charge in [-0.15, -0.1) is 0 Å². The average Bonchev–Trinajstić information content (AvgIpc) is 2.73. The van der Waals surface area contributed by atoms with Crippen LogP contribution in [0.5, 0.6) is 0 Å². The lowest BCUT2D eigenvalue weighted by molar-refractivity contribution is 0.495. The van der Waals surface area contributed by atoms with Gasteiger partial charge in [-0.05, 0) is 28.5 Å². The molecule has 0 saturated heterocycles. The van der Waals surface area contributed by atoms with Crippen LogP contribution in [-0.4, -0.2) is 0 Å². The zero-order valence-electron chi connectivity index (χ0n) is 15.7. The topological polar surface area (TPSA) is 17.1 Å². The molecule has 0 bridgehead atoms. The molecule has 4 rings (SSSR count). The molecule has 4 aromatic rings. The molecule has 0 atom stereocenters. The van der Waals surface area contributed by atoms with E-state index < -0.39 is 58.8 Å². The highest BCUT2D eigenvalue weighted by Gasteiger charge is 2.35. The third-order valence-corrected chi connectivity index (χ3v) is 8.03. The highest BCUT2D eigenvalue weighted by atomic mass is 31.2. The minimum Gasteiger partial charge on any atom is -0.313 e. The summed E-state index contributed by atoms with van der Waals surface area (Å²) >= 11 is 0. The van der Waals surface area contributed by atoms with Crippen LogP contribution in [0.3, 0.4) is 0 Å². The Balaban J connectivity index is 1.96. The molecule has 0 radical (unpaired) electrons. The molecule has 0 unspecified atom stereocenters. The maximum atomic E-state index is 14.6. The zero-order chi connectivity index (χ0) is 22.3. The molecule has 0 saturated carbocycles. The quantitative estimate of drug-likeness (QED) is 0.206. The van der Waals surface area contributed by atoms with E-state index in [0.717, 1.165) is 10.8 Å². The minimum absolute atomic E-state index is 0.190. The summed E-state index contributed by atoms with van der Waals surface area (Å²) in [5.74, 6) is -8.82. The van der Waals surface area contributed by atoms with Crippen molar-refractivity contribution < 1.29 is 30.9 Å². The van der Waals surface area contributed by atoms with Crippen molar-refractivity contribution in [2.24, 2.45) is 0 Å². The standard InChI is InChI=1S/C23H13F6OP/c24-16-8-20(28)22(10-18(16)26)31(30,23-11-19(27)17(25)9-21(23)29)12-13-5-6-14-3-1-2-4-15(14)7-13/h1-11H,12H2. The molecule has 0 aromatic heterocycles. The van der Waals surface area contributed by atoms with Gasteiger partial charge in [0.25, 0.3) is 0 Å². The van der Waals surface area contributed by atoms with Gasteiger partial charge in [0, 0.05) is 18.3 Å². The van der Waals surface area contributed by atoms with E-state index in [-0.39, 0.29) is 12.1 Å². The lowest BCUT2D eigenvalue weighted by Crippen LogP contribution is -2.25. The lowest BCUT2D eigenvalue weighted by atomic mass is 10.1. The lowest BCUT2D eigenvalue weighted by Gasteiger charge is -2.21. The molecule has 0 aliphatic rings. The fourth-order valence-electron chi connectivity index (χ4n) is 3.47. The Morgan fingerprint density at radius 3 is 1.58 bits per heavy atom. The smallest absolute Gasteiger partial charge is 0.161 e. The van der Waals surface area contributed by atoms with Crippen molar-refractivity contribution in [1.82, 2.24) is 0 Å². The van der Waals surface area contributed by atoms with Crippen LogP contribution in [0.1, 0.15) is 5.56 Å². The van der Waals surface area contributed by atoms with Crippen LogP contribution in [0.2, 0.25) is 0 Å². The molecule has 0 aliphatic heterocycles. The van der Waals surface area contributed by atoms with E-state index in [2.05, 4.69) is 0 Å². The maximum Gasteiger partial charge on any atom is 0.161 e. The van der Waals surface area contributed by atoms with E-state index in [1.54, 1.807) is 36.4 Å². The van der Waals surface area contributed by atoms with Gasteiger partial charge in [0.05, 0.1) is 10.6 Å². The van der Waals surface area contributed by atoms with Gasteiger partial charge in [-0.1, -0.05) is 42.5 Å². The summed E-state index contributed by atoms with van der Waals surface area (Å²) in [5.41, 5.74) is 0.357. The van der Waals surface area contributed by atoms with Crippen LogP contribution in [0, 0.1) is 34.9 Å². The Kier molecular flexibility index (Phi) is 5.40. The fraction of sp³-hybridized carbons (Fsp3) is 0.0435. The van der Waals surface area contributed by atoms with Gasteiger partial charge in [0.15, 0.2) is 30.4 Å². The number of fused-ring (bicyclic) bond motifs is 1. The molecule has 0 heterocycles. The van der Waals surface area contributed by atoms with Gasteiger partial charge in [-0.2, -0.15) is 0 Å². The Labute approximate surface area is 173 Å². The number of rotatable bonds is 4. The Bertz CT molecular complexity index is 1310. The zero-order valence-corrected chi connectivity index (χ0v) is 16.6. The van der Waals surface area contributed by atoms with Crippen molar-refractivity contribution in [3.05, 3.63) is 107 Å². The van der Waals surface area contributed by atoms with Crippen LogP contribution in [-0.2, 0) is 10.7 Å². The van der Waals surface area contributed by atoms with Gasteiger partial charge in [0.2, 0.25) is 0 Å². The summed E-state index contributed by atoms with van der Waals surface area (Å²) in [6.45, 7) is 0. The van der Waals surface area contributed by atoms with Crippen molar-refractivity contribution in [3.8, 4) is 0 Å². The molecule has 1 nitrogen and oxygen atoms in total. The SMILES string of the molecule is O=P(Cc1ccc2ccccc2c1)(c1cc(F)c(F)cc1F)c1cc(F)c(F)cc1F. The number of hydrogen-bond donors (Lipinski definition) is 0. The van der Waals surface area contributed by atoms with Crippen LogP contribution in [0.25, 0.3) is 10.8 Å². The molecule has 0 spiro atoms. The van der Waals surface area contributed by atoms with Crippen LogP contribution >= 0.6 is 7.14 Å². The first-order chi connectivity index (χ1) is 14.7. The Morgan fingerprint density at radius 1 is 0.548 bits per heavy atom. The van der Waals surface area contributed by atoms with E-state index in [4.69, 9.17) is 0 Å². The van der Waals surface area contributed by atoms with Gasteiger partial charge in [-0.3, -0.25) is 0 Å². The van der Waals surface area contributed by atoms with Crippen molar-refractivity contribution in [2.75, 3.05) is 0 Å². The average molecular weight is 450 g/mol. The molecule has 0 amide bonds. The third kappa shape index (κ3) is 3.86. The highest BCUT2D eigenvalue weighted by Crippen LogP contribution is 2.49. The normalized spacial score (nSPS) is 11.8. The monoisotopic (exact) mass is 450 g/mol. The summed E-state index contributed by atoms with van der Waals surface area (Å²) in [5, 5.41) is -0.0453. The first kappa shape index (κ1) is 21.2. The Morgan fingerprint density at radius 2 is 1.03 bits per heavy atom. The second kappa shape index (κ2) is 7.89. The predicted molar refractivity (Wildman–Crippen MR) is 107 cm³/mol. The van der Waals surface area contributed by atoms with E-state index in [0.29, 0.717) is 17.7 Å². The summed E-state index contributed by atoms with van der Waals surface area (Å²) in [7, 11) is -4.46. The Hall–Kier alpha value is -3.05. The molecule has 0 N–H and O–H groups in total. The van der Waals surface area contributed by atoms with Crippen molar-refractivity contribution in [1.29, 1.82) is 0 Å². The number of hydrogen-bond acceptors (Lipinski definition) is 1. The highest BCUT2D eigenvalue weighted by molar-refractivity contribution is 7.78. The number of halogens is 6. The third-order valence-electron chi connectivity index (χ3n) is 4.98. The predicted octanol–water partition coefficient (Wildman–Crippen LogP) is 6.19. The molecule has 31 heavy (non-hydrogen) atoms. The second-order valence-corrected chi connectivity index (χ2v) is 9.77. The van der Waals surface area contributed by atoms with E-state index in [9.17, 15) is 30.9 Å². The van der Waals surface area contributed by atoms with Crippen molar-refractivity contribution in [3.63, 3.8) is 0 Å². The van der Waals surface area contributed by atoms with Crippen LogP contribution in [0.15, 0.2) is 66.7 Å². The molecular weight excluding hydrogens is 437 g/mol. The minimum atomic E-state index is -4.46. The van der Waals surface area contributed by atoms with Gasteiger partial charge in [0.1, 0.15) is 11.6 Å². The van der Waals surface area contributed by atoms with E-state index in [1.807, 2.05) is 6.07 Å². The van der Waals surface area contributed by atoms with Gasteiger partial charge in [-0.25, -0.2) is 26.3 Å². The number of benzene rings is 4.